The average Bonchev–Trinajstić information content (AvgIpc) is 2.98. The van der Waals surface area contributed by atoms with Crippen LogP contribution >= 0.6 is 0 Å². The van der Waals surface area contributed by atoms with Crippen LogP contribution in [0.1, 0.15) is 143 Å². The van der Waals surface area contributed by atoms with Gasteiger partial charge in [-0.1, -0.05) is 85.0 Å². The van der Waals surface area contributed by atoms with Crippen molar-refractivity contribution in [3.63, 3.8) is 0 Å². The van der Waals surface area contributed by atoms with Gasteiger partial charge in [0.1, 0.15) is 0 Å². The lowest BCUT2D eigenvalue weighted by molar-refractivity contribution is -0.152. The van der Waals surface area contributed by atoms with Crippen molar-refractivity contribution in [1.29, 1.82) is 0 Å². The number of aliphatic hydroxyl groups excluding tert-OH is 1. The Hall–Kier alpha value is -2.16. The molecule has 0 aliphatic rings. The summed E-state index contributed by atoms with van der Waals surface area (Å²) in [6.07, 6.45) is 15.4. The van der Waals surface area contributed by atoms with Gasteiger partial charge in [-0.25, -0.2) is 0 Å². The minimum Gasteiger partial charge on any atom is -0.465 e. The Morgan fingerprint density at radius 3 is 1.14 bits per heavy atom. The Kier molecular flexibility index (Phi) is 27.4. The van der Waals surface area contributed by atoms with Gasteiger partial charge >= 0.3 is 23.9 Å². The number of carbonyl (C=O) groups excluding carboxylic acids is 4. The third kappa shape index (κ3) is 25.5. The van der Waals surface area contributed by atoms with E-state index in [1.165, 1.54) is 0 Å². The standard InChI is InChI=1S/C33H60O9/c1-4-7-10-12-15-20-31(36)40-25-28(24-39-30(35)19-14-9-6-3)18-17-22-33(38)42-27-29(23-34)26-41-32(37)21-16-13-11-8-5-2/h28-29,34H,4-27H2,1-3H3. The molecule has 0 aliphatic carbocycles. The number of unbranched alkanes of at least 4 members (excludes halogenated alkanes) is 10. The Bertz CT molecular complexity index is 695. The van der Waals surface area contributed by atoms with Gasteiger partial charge in [0.15, 0.2) is 0 Å². The van der Waals surface area contributed by atoms with Crippen LogP contribution in [0.5, 0.6) is 0 Å². The molecule has 42 heavy (non-hydrogen) atoms. The molecule has 0 aromatic rings. The van der Waals surface area contributed by atoms with Crippen LogP contribution in [0.25, 0.3) is 0 Å². The van der Waals surface area contributed by atoms with Crippen LogP contribution in [-0.2, 0) is 38.1 Å². The molecule has 0 aromatic heterocycles. The van der Waals surface area contributed by atoms with Gasteiger partial charge in [-0.2, -0.15) is 0 Å². The van der Waals surface area contributed by atoms with Crippen LogP contribution in [0.3, 0.4) is 0 Å². The lowest BCUT2D eigenvalue weighted by Gasteiger charge is -2.18. The maximum Gasteiger partial charge on any atom is 0.305 e. The molecule has 2 atom stereocenters. The van der Waals surface area contributed by atoms with E-state index in [9.17, 15) is 24.3 Å². The zero-order chi connectivity index (χ0) is 31.3. The Balaban J connectivity index is 4.45. The number of esters is 4. The molecule has 2 unspecified atom stereocenters. The van der Waals surface area contributed by atoms with Gasteiger partial charge in [-0.15, -0.1) is 0 Å². The summed E-state index contributed by atoms with van der Waals surface area (Å²) in [5.74, 6) is -1.91. The first kappa shape index (κ1) is 39.8. The van der Waals surface area contributed by atoms with Crippen LogP contribution < -0.4 is 0 Å². The maximum atomic E-state index is 12.3. The molecular weight excluding hydrogens is 540 g/mol. The van der Waals surface area contributed by atoms with Crippen LogP contribution in [0.2, 0.25) is 0 Å². The molecule has 0 aromatic carbocycles. The molecule has 9 heteroatoms. The number of carbonyl (C=O) groups is 4. The summed E-state index contributed by atoms with van der Waals surface area (Å²) in [7, 11) is 0. The van der Waals surface area contributed by atoms with Crippen molar-refractivity contribution in [2.24, 2.45) is 11.8 Å². The van der Waals surface area contributed by atoms with Gasteiger partial charge in [-0.05, 0) is 32.1 Å². The van der Waals surface area contributed by atoms with Crippen molar-refractivity contribution < 1.29 is 43.2 Å². The number of aliphatic hydroxyl groups is 1. The van der Waals surface area contributed by atoms with Crippen molar-refractivity contribution in [1.82, 2.24) is 0 Å². The highest BCUT2D eigenvalue weighted by Crippen LogP contribution is 2.14. The van der Waals surface area contributed by atoms with E-state index in [-0.39, 0.29) is 63.3 Å². The lowest BCUT2D eigenvalue weighted by atomic mass is 10.0. The van der Waals surface area contributed by atoms with Crippen molar-refractivity contribution >= 4 is 23.9 Å². The summed E-state index contributed by atoms with van der Waals surface area (Å²) >= 11 is 0. The van der Waals surface area contributed by atoms with Gasteiger partial charge in [0, 0.05) is 31.6 Å². The fraction of sp³-hybridized carbons (Fsp3) is 0.879. The molecule has 0 heterocycles. The summed E-state index contributed by atoms with van der Waals surface area (Å²) in [5, 5.41) is 9.58. The first-order valence-electron chi connectivity index (χ1n) is 16.6. The average molecular weight is 601 g/mol. The van der Waals surface area contributed by atoms with E-state index < -0.39 is 11.9 Å². The summed E-state index contributed by atoms with van der Waals surface area (Å²) < 4.78 is 21.4. The quantitative estimate of drug-likeness (QED) is 0.0557. The van der Waals surface area contributed by atoms with Gasteiger partial charge < -0.3 is 24.1 Å². The molecule has 0 radical (unpaired) electrons. The first-order chi connectivity index (χ1) is 20.4. The van der Waals surface area contributed by atoms with E-state index in [1.54, 1.807) is 0 Å². The molecule has 0 amide bonds. The second kappa shape index (κ2) is 28.9. The predicted molar refractivity (Wildman–Crippen MR) is 163 cm³/mol. The highest BCUT2D eigenvalue weighted by molar-refractivity contribution is 5.70. The molecule has 0 bridgehead atoms. The molecule has 0 spiro atoms. The third-order valence-electron chi connectivity index (χ3n) is 7.12. The SMILES string of the molecule is CCCCCCCC(=O)OCC(CO)COC(=O)CCCC(COC(=O)CCCCC)COC(=O)CCCCCCC. The maximum absolute atomic E-state index is 12.3. The van der Waals surface area contributed by atoms with Gasteiger partial charge in [0.2, 0.25) is 0 Å². The predicted octanol–water partition coefficient (Wildman–Crippen LogP) is 6.86. The zero-order valence-corrected chi connectivity index (χ0v) is 26.8. The van der Waals surface area contributed by atoms with Gasteiger partial charge in [0.25, 0.3) is 0 Å². The largest absolute Gasteiger partial charge is 0.465 e. The number of ether oxygens (including phenoxy) is 4. The zero-order valence-electron chi connectivity index (χ0n) is 26.8. The molecule has 9 nitrogen and oxygen atoms in total. The topological polar surface area (TPSA) is 125 Å². The van der Waals surface area contributed by atoms with Crippen LogP contribution in [0.15, 0.2) is 0 Å². The number of hydrogen-bond acceptors (Lipinski definition) is 9. The van der Waals surface area contributed by atoms with E-state index in [2.05, 4.69) is 20.8 Å². The Labute approximate surface area is 254 Å². The van der Waals surface area contributed by atoms with Crippen molar-refractivity contribution in [2.75, 3.05) is 33.0 Å². The fourth-order valence-corrected chi connectivity index (χ4v) is 4.30. The highest BCUT2D eigenvalue weighted by atomic mass is 16.6. The van der Waals surface area contributed by atoms with Crippen molar-refractivity contribution in [3.05, 3.63) is 0 Å². The molecule has 246 valence electrons. The van der Waals surface area contributed by atoms with Crippen LogP contribution in [0, 0.1) is 11.8 Å². The second-order valence-corrected chi connectivity index (χ2v) is 11.3. The van der Waals surface area contributed by atoms with E-state index in [0.717, 1.165) is 83.5 Å². The van der Waals surface area contributed by atoms with E-state index >= 15 is 0 Å². The number of rotatable bonds is 29. The highest BCUT2D eigenvalue weighted by Gasteiger charge is 2.18. The molecule has 1 N–H and O–H groups in total. The summed E-state index contributed by atoms with van der Waals surface area (Å²) in [5.41, 5.74) is 0. The Morgan fingerprint density at radius 2 is 0.762 bits per heavy atom. The summed E-state index contributed by atoms with van der Waals surface area (Å²) in [6.45, 7) is 6.35. The molecule has 0 saturated heterocycles. The smallest absolute Gasteiger partial charge is 0.305 e. The first-order valence-corrected chi connectivity index (χ1v) is 16.6. The van der Waals surface area contributed by atoms with E-state index in [0.29, 0.717) is 32.1 Å². The summed E-state index contributed by atoms with van der Waals surface area (Å²) in [4.78, 5) is 48.5. The molecule has 0 aliphatic heterocycles. The Morgan fingerprint density at radius 1 is 0.452 bits per heavy atom. The molecule has 0 fully saturated rings. The van der Waals surface area contributed by atoms with Gasteiger partial charge in [-0.3, -0.25) is 19.2 Å². The minimum atomic E-state index is -0.473. The van der Waals surface area contributed by atoms with Crippen LogP contribution in [-0.4, -0.2) is 62.0 Å². The lowest BCUT2D eigenvalue weighted by Crippen LogP contribution is -2.24. The number of hydrogen-bond donors (Lipinski definition) is 1. The normalized spacial score (nSPS) is 12.4. The monoisotopic (exact) mass is 600 g/mol. The van der Waals surface area contributed by atoms with Crippen molar-refractivity contribution in [2.45, 2.75) is 143 Å². The second-order valence-electron chi connectivity index (χ2n) is 11.3. The van der Waals surface area contributed by atoms with E-state index in [4.69, 9.17) is 18.9 Å². The third-order valence-corrected chi connectivity index (χ3v) is 7.12. The molecule has 0 rings (SSSR count). The summed E-state index contributed by atoms with van der Waals surface area (Å²) in [6, 6.07) is 0. The van der Waals surface area contributed by atoms with E-state index in [1.807, 2.05) is 0 Å². The molecular formula is C33H60O9. The van der Waals surface area contributed by atoms with Crippen LogP contribution in [0.4, 0.5) is 0 Å². The molecule has 0 saturated carbocycles. The van der Waals surface area contributed by atoms with Crippen molar-refractivity contribution in [3.8, 4) is 0 Å². The minimum absolute atomic E-state index is 0.00718. The van der Waals surface area contributed by atoms with Gasteiger partial charge in [0.05, 0.1) is 39.0 Å². The fourth-order valence-electron chi connectivity index (χ4n) is 4.30.